The minimum absolute atomic E-state index is 0.0604. The van der Waals surface area contributed by atoms with Crippen LogP contribution in [-0.2, 0) is 5.60 Å². The largest absolute Gasteiger partial charge is 0.472 e. The maximum Gasteiger partial charge on any atom is 0.227 e. The van der Waals surface area contributed by atoms with Gasteiger partial charge in [0, 0.05) is 18.2 Å². The van der Waals surface area contributed by atoms with E-state index in [4.69, 9.17) is 4.74 Å². The van der Waals surface area contributed by atoms with Crippen LogP contribution in [0.25, 0.3) is 5.69 Å². The lowest BCUT2D eigenvalue weighted by molar-refractivity contribution is 0.0454. The smallest absolute Gasteiger partial charge is 0.227 e. The number of carbonyl (C=O) groups is 1. The number of fused-ring (bicyclic) bond motifs is 3. The van der Waals surface area contributed by atoms with Gasteiger partial charge in [-0.1, -0.05) is 48.5 Å². The molecule has 24 heavy (non-hydrogen) atoms. The number of hydrogen-bond donors (Lipinski definition) is 0. The Balaban J connectivity index is 2.03. The van der Waals surface area contributed by atoms with E-state index < -0.39 is 5.60 Å². The van der Waals surface area contributed by atoms with Crippen LogP contribution in [0.4, 0.5) is 0 Å². The second-order valence-corrected chi connectivity index (χ2v) is 5.85. The number of ether oxygens (including phenoxy) is 1. The molecule has 4 rings (SSSR count). The first-order chi connectivity index (χ1) is 11.8. The Bertz CT molecular complexity index is 910. The Morgan fingerprint density at radius 3 is 2.54 bits per heavy atom. The predicted octanol–water partition coefficient (Wildman–Crippen LogP) is 4.52. The first kappa shape index (κ1) is 14.5. The first-order valence-electron chi connectivity index (χ1n) is 7.93. The molecule has 0 radical (unpaired) electrons. The van der Waals surface area contributed by atoms with Crippen molar-refractivity contribution in [2.45, 2.75) is 12.0 Å². The highest BCUT2D eigenvalue weighted by Gasteiger charge is 2.45. The molecule has 1 aliphatic heterocycles. The van der Waals surface area contributed by atoms with Gasteiger partial charge < -0.3 is 9.30 Å². The van der Waals surface area contributed by atoms with E-state index >= 15 is 0 Å². The Labute approximate surface area is 140 Å². The fourth-order valence-corrected chi connectivity index (χ4v) is 3.31. The van der Waals surface area contributed by atoms with E-state index in [0.717, 1.165) is 11.3 Å². The third-order valence-electron chi connectivity index (χ3n) is 4.43. The quantitative estimate of drug-likeness (QED) is 0.665. The van der Waals surface area contributed by atoms with Crippen molar-refractivity contribution < 1.29 is 9.53 Å². The average Bonchev–Trinajstić information content (AvgIpc) is 3.08. The van der Waals surface area contributed by atoms with Crippen molar-refractivity contribution in [3.8, 4) is 11.4 Å². The van der Waals surface area contributed by atoms with E-state index in [1.54, 1.807) is 6.08 Å². The number of aromatic nitrogens is 1. The van der Waals surface area contributed by atoms with E-state index in [1.165, 1.54) is 0 Å². The first-order valence-corrected chi connectivity index (χ1v) is 7.93. The van der Waals surface area contributed by atoms with Crippen molar-refractivity contribution in [1.82, 2.24) is 4.57 Å². The molecular weight excluding hydrogens is 298 g/mol. The van der Waals surface area contributed by atoms with Crippen molar-refractivity contribution in [2.24, 2.45) is 0 Å². The molecule has 2 aromatic carbocycles. The molecule has 3 aromatic rings. The van der Waals surface area contributed by atoms with E-state index in [2.05, 4.69) is 6.58 Å². The van der Waals surface area contributed by atoms with Crippen LogP contribution >= 0.6 is 0 Å². The third kappa shape index (κ3) is 2.02. The van der Waals surface area contributed by atoms with E-state index in [-0.39, 0.29) is 5.78 Å². The molecule has 118 valence electrons. The zero-order valence-electron chi connectivity index (χ0n) is 13.2. The molecule has 0 saturated carbocycles. The van der Waals surface area contributed by atoms with Crippen molar-refractivity contribution in [3.05, 3.63) is 96.8 Å². The lowest BCUT2D eigenvalue weighted by atomic mass is 9.84. The van der Waals surface area contributed by atoms with Gasteiger partial charge in [-0.05, 0) is 24.3 Å². The Hall–Kier alpha value is -3.07. The highest BCUT2D eigenvalue weighted by molar-refractivity contribution is 6.03. The van der Waals surface area contributed by atoms with Crippen LogP contribution in [0, 0.1) is 0 Å². The van der Waals surface area contributed by atoms with Crippen molar-refractivity contribution in [1.29, 1.82) is 0 Å². The molecule has 1 aromatic heterocycles. The fraction of sp³-hybridized carbons (Fsp3) is 0.0952. The molecule has 3 heteroatoms. The zero-order valence-corrected chi connectivity index (χ0v) is 13.2. The van der Waals surface area contributed by atoms with E-state index in [9.17, 15) is 4.79 Å². The third-order valence-corrected chi connectivity index (χ3v) is 4.43. The zero-order chi connectivity index (χ0) is 16.6. The summed E-state index contributed by atoms with van der Waals surface area (Å²) < 4.78 is 8.28. The molecule has 0 N–H and O–H groups in total. The summed E-state index contributed by atoms with van der Waals surface area (Å²) in [6.07, 6.45) is 4.03. The van der Waals surface area contributed by atoms with Gasteiger partial charge in [-0.3, -0.25) is 4.79 Å². The molecule has 0 fully saturated rings. The molecule has 1 aliphatic rings. The second kappa shape index (κ2) is 5.53. The monoisotopic (exact) mass is 315 g/mol. The van der Waals surface area contributed by atoms with Crippen molar-refractivity contribution >= 4 is 5.78 Å². The van der Waals surface area contributed by atoms with Crippen LogP contribution in [0.5, 0.6) is 5.75 Å². The van der Waals surface area contributed by atoms with E-state index in [1.807, 2.05) is 77.5 Å². The van der Waals surface area contributed by atoms with Gasteiger partial charge in [0.1, 0.15) is 5.75 Å². The minimum atomic E-state index is -1.11. The van der Waals surface area contributed by atoms with Crippen LogP contribution in [-0.4, -0.2) is 10.4 Å². The highest BCUT2D eigenvalue weighted by atomic mass is 16.5. The van der Waals surface area contributed by atoms with Gasteiger partial charge in [-0.2, -0.15) is 0 Å². The van der Waals surface area contributed by atoms with Crippen molar-refractivity contribution in [2.75, 3.05) is 0 Å². The van der Waals surface area contributed by atoms with Gasteiger partial charge in [0.05, 0.1) is 11.4 Å². The van der Waals surface area contributed by atoms with Gasteiger partial charge in [0.25, 0.3) is 0 Å². The summed E-state index contributed by atoms with van der Waals surface area (Å²) in [6.45, 7) is 3.85. The van der Waals surface area contributed by atoms with Gasteiger partial charge in [-0.25, -0.2) is 0 Å². The second-order valence-electron chi connectivity index (χ2n) is 5.85. The van der Waals surface area contributed by atoms with Crippen molar-refractivity contribution in [3.63, 3.8) is 0 Å². The highest BCUT2D eigenvalue weighted by Crippen LogP contribution is 2.41. The van der Waals surface area contributed by atoms with Crippen LogP contribution in [0.15, 0.2) is 85.6 Å². The lowest BCUT2D eigenvalue weighted by Gasteiger charge is -2.31. The summed E-state index contributed by atoms with van der Waals surface area (Å²) in [4.78, 5) is 13.5. The molecule has 1 atom stereocenters. The lowest BCUT2D eigenvalue weighted by Crippen LogP contribution is -2.41. The minimum Gasteiger partial charge on any atom is -0.472 e. The molecular formula is C21H17NO2. The Morgan fingerprint density at radius 2 is 1.75 bits per heavy atom. The number of para-hydroxylation sites is 2. The molecule has 0 spiro atoms. The van der Waals surface area contributed by atoms with Crippen LogP contribution in [0.2, 0.25) is 0 Å². The number of ketones is 1. The summed E-state index contributed by atoms with van der Waals surface area (Å²) in [5, 5.41) is 0. The Kier molecular flexibility index (Phi) is 3.35. The molecule has 0 amide bonds. The SMILES string of the molecule is C=CC[C@]1(c2ccccc2)Oc2ccccc2-n2cccc2C1=O. The topological polar surface area (TPSA) is 31.2 Å². The molecule has 0 unspecified atom stereocenters. The average molecular weight is 315 g/mol. The van der Waals surface area contributed by atoms with Gasteiger partial charge in [0.2, 0.25) is 11.4 Å². The maximum absolute atomic E-state index is 13.5. The summed E-state index contributed by atoms with van der Waals surface area (Å²) in [7, 11) is 0. The molecule has 2 heterocycles. The fourth-order valence-electron chi connectivity index (χ4n) is 3.31. The van der Waals surface area contributed by atoms with E-state index in [0.29, 0.717) is 17.9 Å². The molecule has 3 nitrogen and oxygen atoms in total. The molecule has 0 saturated heterocycles. The number of nitrogens with zero attached hydrogens (tertiary/aromatic N) is 1. The van der Waals surface area contributed by atoms with Gasteiger partial charge in [0.15, 0.2) is 0 Å². The van der Waals surface area contributed by atoms with Crippen LogP contribution in [0.3, 0.4) is 0 Å². The summed E-state index contributed by atoms with van der Waals surface area (Å²) in [5.41, 5.74) is 1.21. The van der Waals surface area contributed by atoms with Gasteiger partial charge in [-0.15, -0.1) is 6.58 Å². The maximum atomic E-state index is 13.5. The molecule has 0 aliphatic carbocycles. The van der Waals surface area contributed by atoms with Crippen LogP contribution < -0.4 is 4.74 Å². The molecule has 0 bridgehead atoms. The van der Waals surface area contributed by atoms with Gasteiger partial charge >= 0.3 is 0 Å². The summed E-state index contributed by atoms with van der Waals surface area (Å²) in [6, 6.07) is 21.1. The number of benzene rings is 2. The predicted molar refractivity (Wildman–Crippen MR) is 93.7 cm³/mol. The standard InChI is InChI=1S/C21H17NO2/c1-2-14-21(16-9-4-3-5-10-16)20(23)18-12-8-15-22(18)17-11-6-7-13-19(17)24-21/h2-13,15H,1,14H2/t21-/m1/s1. The number of rotatable bonds is 3. The van der Waals surface area contributed by atoms with Crippen LogP contribution in [0.1, 0.15) is 22.5 Å². The Morgan fingerprint density at radius 1 is 1.00 bits per heavy atom. The summed E-state index contributed by atoms with van der Waals surface area (Å²) in [5.74, 6) is 0.626. The number of carbonyl (C=O) groups excluding carboxylic acids is 1. The number of hydrogen-bond acceptors (Lipinski definition) is 2. The summed E-state index contributed by atoms with van der Waals surface area (Å²) >= 11 is 0. The number of Topliss-reactive ketones (excluding diaryl/α,β-unsaturated/α-hetero) is 1. The normalized spacial score (nSPS) is 18.9.